The van der Waals surface area contributed by atoms with Gasteiger partial charge in [-0.3, -0.25) is 4.79 Å². The van der Waals surface area contributed by atoms with Gasteiger partial charge in [0.15, 0.2) is 5.65 Å². The van der Waals surface area contributed by atoms with Crippen LogP contribution in [-0.2, 0) is 11.2 Å². The van der Waals surface area contributed by atoms with Crippen LogP contribution in [0.2, 0.25) is 0 Å². The summed E-state index contributed by atoms with van der Waals surface area (Å²) in [4.78, 5) is 17.4. The quantitative estimate of drug-likeness (QED) is 0.884. The zero-order valence-electron chi connectivity index (χ0n) is 11.4. The lowest BCUT2D eigenvalue weighted by Gasteiger charge is -2.19. The van der Waals surface area contributed by atoms with Crippen molar-refractivity contribution in [3.05, 3.63) is 23.5 Å². The van der Waals surface area contributed by atoms with Crippen LogP contribution in [0, 0.1) is 6.92 Å². The van der Waals surface area contributed by atoms with E-state index >= 15 is 0 Å². The van der Waals surface area contributed by atoms with Crippen LogP contribution in [0.1, 0.15) is 25.2 Å². The molecule has 0 atom stereocenters. The SMILES string of the molecule is CCN(CC)c1ccc2nc(C)c(CC(=O)O)n2n1. The van der Waals surface area contributed by atoms with E-state index in [-0.39, 0.29) is 6.42 Å². The molecule has 0 radical (unpaired) electrons. The molecule has 0 spiro atoms. The maximum absolute atomic E-state index is 10.9. The third kappa shape index (κ3) is 2.52. The van der Waals surface area contributed by atoms with Crippen LogP contribution in [-0.4, -0.2) is 38.8 Å². The summed E-state index contributed by atoms with van der Waals surface area (Å²) in [5.41, 5.74) is 2.03. The first-order valence-corrected chi connectivity index (χ1v) is 6.38. The van der Waals surface area contributed by atoms with E-state index in [4.69, 9.17) is 5.11 Å². The Labute approximate surface area is 111 Å². The number of hydrogen-bond acceptors (Lipinski definition) is 4. The van der Waals surface area contributed by atoms with Gasteiger partial charge in [0, 0.05) is 13.1 Å². The first kappa shape index (κ1) is 13.3. The number of nitrogens with zero attached hydrogens (tertiary/aromatic N) is 4. The molecule has 0 aliphatic heterocycles. The minimum Gasteiger partial charge on any atom is -0.481 e. The Bertz CT molecular complexity index is 602. The molecule has 2 rings (SSSR count). The summed E-state index contributed by atoms with van der Waals surface area (Å²) in [6, 6.07) is 3.79. The molecule has 0 aliphatic rings. The predicted octanol–water partition coefficient (Wildman–Crippen LogP) is 1.51. The van der Waals surface area contributed by atoms with E-state index in [2.05, 4.69) is 28.8 Å². The number of aliphatic carboxylic acids is 1. The van der Waals surface area contributed by atoms with Crippen molar-refractivity contribution in [2.45, 2.75) is 27.2 Å². The second-order valence-corrected chi connectivity index (χ2v) is 4.35. The van der Waals surface area contributed by atoms with Gasteiger partial charge in [0.2, 0.25) is 0 Å². The fourth-order valence-electron chi connectivity index (χ4n) is 2.14. The molecule has 2 aromatic heterocycles. The number of imidazole rings is 1. The number of aryl methyl sites for hydroxylation is 1. The first-order valence-electron chi connectivity index (χ1n) is 6.38. The summed E-state index contributed by atoms with van der Waals surface area (Å²) in [6.07, 6.45) is -0.0678. The van der Waals surface area contributed by atoms with Crippen LogP contribution >= 0.6 is 0 Å². The minimum absolute atomic E-state index is 0.0678. The lowest BCUT2D eigenvalue weighted by atomic mass is 10.3. The lowest BCUT2D eigenvalue weighted by Crippen LogP contribution is -2.23. The largest absolute Gasteiger partial charge is 0.481 e. The predicted molar refractivity (Wildman–Crippen MR) is 72.6 cm³/mol. The molecule has 0 fully saturated rings. The average molecular weight is 262 g/mol. The van der Waals surface area contributed by atoms with Gasteiger partial charge >= 0.3 is 5.97 Å². The number of carboxylic acid groups (broad SMARTS) is 1. The Morgan fingerprint density at radius 2 is 2.05 bits per heavy atom. The molecule has 0 aromatic carbocycles. The number of hydrogen-bond donors (Lipinski definition) is 1. The highest BCUT2D eigenvalue weighted by Crippen LogP contribution is 2.16. The fraction of sp³-hybridized carbons (Fsp3) is 0.462. The molecular formula is C13H18N4O2. The van der Waals surface area contributed by atoms with E-state index in [9.17, 15) is 4.79 Å². The molecule has 0 bridgehead atoms. The van der Waals surface area contributed by atoms with Crippen LogP contribution in [0.4, 0.5) is 5.82 Å². The second kappa shape index (κ2) is 5.26. The van der Waals surface area contributed by atoms with Gasteiger partial charge in [-0.1, -0.05) is 0 Å². The number of anilines is 1. The molecule has 6 nitrogen and oxygen atoms in total. The van der Waals surface area contributed by atoms with Crippen LogP contribution in [0.3, 0.4) is 0 Å². The van der Waals surface area contributed by atoms with Crippen molar-refractivity contribution in [2.24, 2.45) is 0 Å². The Morgan fingerprint density at radius 3 is 2.63 bits per heavy atom. The highest BCUT2D eigenvalue weighted by Gasteiger charge is 2.14. The van der Waals surface area contributed by atoms with Crippen LogP contribution < -0.4 is 4.90 Å². The van der Waals surface area contributed by atoms with E-state index in [1.807, 2.05) is 19.1 Å². The minimum atomic E-state index is -0.875. The van der Waals surface area contributed by atoms with E-state index in [1.54, 1.807) is 4.52 Å². The van der Waals surface area contributed by atoms with Crippen molar-refractivity contribution in [1.82, 2.24) is 14.6 Å². The highest BCUT2D eigenvalue weighted by molar-refractivity contribution is 5.70. The summed E-state index contributed by atoms with van der Waals surface area (Å²) >= 11 is 0. The first-order chi connectivity index (χ1) is 9.06. The summed E-state index contributed by atoms with van der Waals surface area (Å²) < 4.78 is 1.64. The molecule has 0 amide bonds. The average Bonchev–Trinajstić information content (AvgIpc) is 2.67. The highest BCUT2D eigenvalue weighted by atomic mass is 16.4. The molecule has 0 saturated heterocycles. The van der Waals surface area contributed by atoms with Gasteiger partial charge in [0.05, 0.1) is 17.8 Å². The summed E-state index contributed by atoms with van der Waals surface area (Å²) in [7, 11) is 0. The van der Waals surface area contributed by atoms with Crippen molar-refractivity contribution >= 4 is 17.4 Å². The van der Waals surface area contributed by atoms with Crippen LogP contribution in [0.5, 0.6) is 0 Å². The maximum Gasteiger partial charge on any atom is 0.309 e. The van der Waals surface area contributed by atoms with Gasteiger partial charge in [-0.15, -0.1) is 5.10 Å². The smallest absolute Gasteiger partial charge is 0.309 e. The maximum atomic E-state index is 10.9. The van der Waals surface area contributed by atoms with Gasteiger partial charge in [-0.2, -0.15) is 0 Å². The number of carboxylic acids is 1. The van der Waals surface area contributed by atoms with Crippen LogP contribution in [0.15, 0.2) is 12.1 Å². The van der Waals surface area contributed by atoms with E-state index in [0.29, 0.717) is 17.0 Å². The normalized spacial score (nSPS) is 10.9. The van der Waals surface area contributed by atoms with E-state index in [1.165, 1.54) is 0 Å². The van der Waals surface area contributed by atoms with Gasteiger partial charge in [-0.25, -0.2) is 9.50 Å². The summed E-state index contributed by atoms with van der Waals surface area (Å²) in [5, 5.41) is 13.5. The number of fused-ring (bicyclic) bond motifs is 1. The standard InChI is InChI=1S/C13H18N4O2/c1-4-16(5-2)12-7-6-11-14-9(3)10(8-13(18)19)17(11)15-12/h6-7H,4-5,8H2,1-3H3,(H,18,19). The van der Waals surface area contributed by atoms with E-state index < -0.39 is 5.97 Å². The molecule has 2 heterocycles. The number of rotatable bonds is 5. The molecule has 19 heavy (non-hydrogen) atoms. The number of aromatic nitrogens is 3. The summed E-state index contributed by atoms with van der Waals surface area (Å²) in [5.74, 6) is -0.0403. The monoisotopic (exact) mass is 262 g/mol. The van der Waals surface area contributed by atoms with Gasteiger partial charge in [0.1, 0.15) is 5.82 Å². The molecule has 2 aromatic rings. The summed E-state index contributed by atoms with van der Waals surface area (Å²) in [6.45, 7) is 7.65. The molecular weight excluding hydrogens is 244 g/mol. The van der Waals surface area contributed by atoms with Gasteiger partial charge < -0.3 is 10.0 Å². The molecule has 6 heteroatoms. The fourth-order valence-corrected chi connectivity index (χ4v) is 2.14. The van der Waals surface area contributed by atoms with Crippen molar-refractivity contribution in [3.8, 4) is 0 Å². The Kier molecular flexibility index (Phi) is 3.69. The van der Waals surface area contributed by atoms with Crippen LogP contribution in [0.25, 0.3) is 5.65 Å². The molecule has 102 valence electrons. The van der Waals surface area contributed by atoms with Crippen molar-refractivity contribution in [1.29, 1.82) is 0 Å². The Balaban J connectivity index is 2.53. The van der Waals surface area contributed by atoms with Crippen molar-refractivity contribution in [3.63, 3.8) is 0 Å². The van der Waals surface area contributed by atoms with Crippen molar-refractivity contribution in [2.75, 3.05) is 18.0 Å². The van der Waals surface area contributed by atoms with Gasteiger partial charge in [-0.05, 0) is 32.9 Å². The topological polar surface area (TPSA) is 70.7 Å². The number of carbonyl (C=O) groups is 1. The molecule has 1 N–H and O–H groups in total. The molecule has 0 aliphatic carbocycles. The molecule has 0 saturated carbocycles. The van der Waals surface area contributed by atoms with Gasteiger partial charge in [0.25, 0.3) is 0 Å². The Morgan fingerprint density at radius 1 is 1.37 bits per heavy atom. The zero-order valence-corrected chi connectivity index (χ0v) is 11.4. The molecule has 0 unspecified atom stereocenters. The Hall–Kier alpha value is -2.11. The third-order valence-corrected chi connectivity index (χ3v) is 3.16. The zero-order chi connectivity index (χ0) is 14.0. The lowest BCUT2D eigenvalue weighted by molar-refractivity contribution is -0.136. The second-order valence-electron chi connectivity index (χ2n) is 4.35. The van der Waals surface area contributed by atoms with Crippen molar-refractivity contribution < 1.29 is 9.90 Å². The third-order valence-electron chi connectivity index (χ3n) is 3.16. The van der Waals surface area contributed by atoms with E-state index in [0.717, 1.165) is 18.9 Å².